The highest BCUT2D eigenvalue weighted by atomic mass is 19.1. The van der Waals surface area contributed by atoms with Crippen molar-refractivity contribution in [2.45, 2.75) is 37.6 Å². The number of halogens is 1. The highest BCUT2D eigenvalue weighted by Gasteiger charge is 2.43. The molecule has 1 atom stereocenters. The average Bonchev–Trinajstić information content (AvgIpc) is 3.05. The summed E-state index contributed by atoms with van der Waals surface area (Å²) >= 11 is 0. The fourth-order valence-electron chi connectivity index (χ4n) is 3.53. The van der Waals surface area contributed by atoms with E-state index in [2.05, 4.69) is 19.9 Å². The van der Waals surface area contributed by atoms with Crippen LogP contribution in [0, 0.1) is 5.82 Å². The molecule has 25 heavy (non-hydrogen) atoms. The van der Waals surface area contributed by atoms with Crippen molar-refractivity contribution in [3.05, 3.63) is 48.3 Å². The number of aromatic nitrogens is 3. The molecule has 0 unspecified atom stereocenters. The number of anilines is 1. The summed E-state index contributed by atoms with van der Waals surface area (Å²) in [5.74, 6) is 0.168. The Morgan fingerprint density at radius 2 is 2.00 bits per heavy atom. The van der Waals surface area contributed by atoms with Crippen LogP contribution in [0.3, 0.4) is 0 Å². The van der Waals surface area contributed by atoms with Crippen LogP contribution in [-0.4, -0.2) is 46.4 Å². The van der Waals surface area contributed by atoms with Crippen molar-refractivity contribution in [2.24, 2.45) is 0 Å². The molecule has 0 radical (unpaired) electrons. The van der Waals surface area contributed by atoms with Crippen LogP contribution in [0.1, 0.15) is 25.0 Å². The fraction of sp³-hybridized carbons (Fsp3) is 0.500. The first-order valence-corrected chi connectivity index (χ1v) is 8.60. The Kier molecular flexibility index (Phi) is 4.59. The highest BCUT2D eigenvalue weighted by Crippen LogP contribution is 2.37. The maximum Gasteiger partial charge on any atom is 0.225 e. The molecule has 1 spiro atoms. The van der Waals surface area contributed by atoms with Crippen LogP contribution < -0.4 is 4.90 Å². The van der Waals surface area contributed by atoms with E-state index in [-0.39, 0.29) is 11.7 Å². The summed E-state index contributed by atoms with van der Waals surface area (Å²) in [5.41, 5.74) is 0.817. The second-order valence-electron chi connectivity index (χ2n) is 6.64. The average molecular weight is 344 g/mol. The molecule has 0 amide bonds. The van der Waals surface area contributed by atoms with E-state index in [1.54, 1.807) is 6.20 Å². The Morgan fingerprint density at radius 3 is 2.72 bits per heavy atom. The lowest BCUT2D eigenvalue weighted by Crippen LogP contribution is -2.45. The quantitative estimate of drug-likeness (QED) is 0.849. The van der Waals surface area contributed by atoms with Gasteiger partial charge in [-0.1, -0.05) is 6.07 Å². The first-order valence-electron chi connectivity index (χ1n) is 8.60. The van der Waals surface area contributed by atoms with Gasteiger partial charge >= 0.3 is 0 Å². The Hall–Kier alpha value is -2.12. The van der Waals surface area contributed by atoms with Gasteiger partial charge in [0.05, 0.1) is 43.0 Å². The van der Waals surface area contributed by atoms with Crippen molar-refractivity contribution in [2.75, 3.05) is 24.6 Å². The summed E-state index contributed by atoms with van der Waals surface area (Å²) in [6, 6.07) is 5.83. The highest BCUT2D eigenvalue weighted by molar-refractivity contribution is 5.30. The maximum absolute atomic E-state index is 13.0. The van der Waals surface area contributed by atoms with Gasteiger partial charge in [0.15, 0.2) is 5.82 Å². The van der Waals surface area contributed by atoms with E-state index in [9.17, 15) is 4.39 Å². The molecule has 0 N–H and O–H groups in total. The Labute approximate surface area is 146 Å². The number of rotatable bonds is 4. The lowest BCUT2D eigenvalue weighted by molar-refractivity contribution is -0.0206. The summed E-state index contributed by atoms with van der Waals surface area (Å²) in [5, 5.41) is 0. The SMILES string of the molecule is Fc1cnc(N2CCC3(CC2)C[C@H](OCc2ccccn2)CO3)nc1. The molecule has 2 fully saturated rings. The number of ether oxygens (including phenoxy) is 2. The first kappa shape index (κ1) is 16.4. The van der Waals surface area contributed by atoms with Gasteiger partial charge in [-0.2, -0.15) is 0 Å². The smallest absolute Gasteiger partial charge is 0.225 e. The van der Waals surface area contributed by atoms with Crippen molar-refractivity contribution in [1.29, 1.82) is 0 Å². The van der Waals surface area contributed by atoms with Gasteiger partial charge in [0, 0.05) is 25.7 Å². The van der Waals surface area contributed by atoms with Crippen molar-refractivity contribution in [3.8, 4) is 0 Å². The lowest BCUT2D eigenvalue weighted by atomic mass is 9.88. The van der Waals surface area contributed by atoms with E-state index < -0.39 is 5.82 Å². The van der Waals surface area contributed by atoms with E-state index in [4.69, 9.17) is 9.47 Å². The summed E-state index contributed by atoms with van der Waals surface area (Å²) in [4.78, 5) is 14.5. The Bertz CT molecular complexity index is 690. The molecule has 7 heteroatoms. The molecule has 0 aromatic carbocycles. The lowest BCUT2D eigenvalue weighted by Gasteiger charge is -2.38. The van der Waals surface area contributed by atoms with Gasteiger partial charge in [0.2, 0.25) is 5.95 Å². The normalized spacial score (nSPS) is 22.4. The zero-order valence-electron chi connectivity index (χ0n) is 14.0. The van der Waals surface area contributed by atoms with Crippen molar-refractivity contribution in [1.82, 2.24) is 15.0 Å². The van der Waals surface area contributed by atoms with Crippen LogP contribution in [0.25, 0.3) is 0 Å². The van der Waals surface area contributed by atoms with E-state index in [1.165, 1.54) is 12.4 Å². The maximum atomic E-state index is 13.0. The van der Waals surface area contributed by atoms with E-state index in [0.717, 1.165) is 38.0 Å². The van der Waals surface area contributed by atoms with Crippen LogP contribution in [-0.2, 0) is 16.1 Å². The standard InChI is InChI=1S/C18H21FN4O2/c19-14-10-21-17(22-11-14)23-7-4-18(5-8-23)9-16(13-25-18)24-12-15-3-1-2-6-20-15/h1-3,6,10-11,16H,4-5,7-9,12-13H2/t16-/m0/s1. The number of pyridine rings is 1. The second kappa shape index (κ2) is 7.01. The summed E-state index contributed by atoms with van der Waals surface area (Å²) in [6.07, 6.45) is 7.00. The van der Waals surface area contributed by atoms with Crippen LogP contribution >= 0.6 is 0 Å². The molecular formula is C18H21FN4O2. The molecule has 0 saturated carbocycles. The third-order valence-electron chi connectivity index (χ3n) is 4.93. The molecule has 2 aromatic heterocycles. The molecule has 2 saturated heterocycles. The minimum Gasteiger partial charge on any atom is -0.372 e. The Morgan fingerprint density at radius 1 is 1.20 bits per heavy atom. The molecule has 2 aromatic rings. The van der Waals surface area contributed by atoms with E-state index in [1.807, 2.05) is 18.2 Å². The van der Waals surface area contributed by atoms with Crippen LogP contribution in [0.4, 0.5) is 10.3 Å². The zero-order chi connectivity index (χ0) is 17.1. The molecule has 6 nitrogen and oxygen atoms in total. The predicted octanol–water partition coefficient (Wildman–Crippen LogP) is 2.36. The third kappa shape index (κ3) is 3.77. The molecule has 2 aliphatic rings. The summed E-state index contributed by atoms with van der Waals surface area (Å²) in [6.45, 7) is 2.75. The number of hydrogen-bond donors (Lipinski definition) is 0. The van der Waals surface area contributed by atoms with Crippen LogP contribution in [0.2, 0.25) is 0 Å². The molecular weight excluding hydrogens is 323 g/mol. The molecule has 4 heterocycles. The zero-order valence-corrected chi connectivity index (χ0v) is 14.0. The fourth-order valence-corrected chi connectivity index (χ4v) is 3.53. The van der Waals surface area contributed by atoms with Crippen molar-refractivity contribution in [3.63, 3.8) is 0 Å². The van der Waals surface area contributed by atoms with Crippen molar-refractivity contribution >= 4 is 5.95 Å². The molecule has 2 aliphatic heterocycles. The van der Waals surface area contributed by atoms with Crippen LogP contribution in [0.5, 0.6) is 0 Å². The van der Waals surface area contributed by atoms with Gasteiger partial charge in [-0.3, -0.25) is 4.98 Å². The van der Waals surface area contributed by atoms with Crippen LogP contribution in [0.15, 0.2) is 36.8 Å². The van der Waals surface area contributed by atoms with Gasteiger partial charge in [0.1, 0.15) is 0 Å². The van der Waals surface area contributed by atoms with Gasteiger partial charge in [-0.25, -0.2) is 14.4 Å². The second-order valence-corrected chi connectivity index (χ2v) is 6.64. The van der Waals surface area contributed by atoms with Crippen molar-refractivity contribution < 1.29 is 13.9 Å². The molecule has 0 bridgehead atoms. The van der Waals surface area contributed by atoms with Gasteiger partial charge < -0.3 is 14.4 Å². The number of hydrogen-bond acceptors (Lipinski definition) is 6. The van der Waals surface area contributed by atoms with Gasteiger partial charge in [0.25, 0.3) is 0 Å². The Balaban J connectivity index is 1.29. The topological polar surface area (TPSA) is 60.4 Å². The third-order valence-corrected chi connectivity index (χ3v) is 4.93. The minimum absolute atomic E-state index is 0.107. The van der Waals surface area contributed by atoms with E-state index >= 15 is 0 Å². The number of nitrogens with zero attached hydrogens (tertiary/aromatic N) is 4. The summed E-state index contributed by atoms with van der Waals surface area (Å²) in [7, 11) is 0. The monoisotopic (exact) mass is 344 g/mol. The predicted molar refractivity (Wildman–Crippen MR) is 89.6 cm³/mol. The summed E-state index contributed by atoms with van der Waals surface area (Å²) < 4.78 is 25.0. The minimum atomic E-state index is -0.413. The molecule has 0 aliphatic carbocycles. The first-order chi connectivity index (χ1) is 12.2. The van der Waals surface area contributed by atoms with Gasteiger partial charge in [-0.05, 0) is 25.0 Å². The largest absolute Gasteiger partial charge is 0.372 e. The van der Waals surface area contributed by atoms with Gasteiger partial charge in [-0.15, -0.1) is 0 Å². The number of piperidine rings is 1. The molecule has 132 valence electrons. The molecule has 4 rings (SSSR count). The van der Waals surface area contributed by atoms with E-state index in [0.29, 0.717) is 19.2 Å².